The Labute approximate surface area is 139 Å². The lowest BCUT2D eigenvalue weighted by Crippen LogP contribution is -2.16. The highest BCUT2D eigenvalue weighted by molar-refractivity contribution is 9.11. The molecule has 0 bridgehead atoms. The molecule has 3 aromatic rings. The molecule has 0 aliphatic rings. The molecule has 1 atom stereocenters. The van der Waals surface area contributed by atoms with Crippen LogP contribution in [0.2, 0.25) is 0 Å². The van der Waals surface area contributed by atoms with Crippen LogP contribution in [0.3, 0.4) is 0 Å². The first-order valence-electron chi connectivity index (χ1n) is 6.32. The number of nitrogens with two attached hydrogens (primary N) is 1. The molecule has 2 N–H and O–H groups in total. The second-order valence-electron chi connectivity index (χ2n) is 4.72. The Kier molecular flexibility index (Phi) is 4.43. The summed E-state index contributed by atoms with van der Waals surface area (Å²) in [6.07, 6.45) is 0.959. The quantitative estimate of drug-likeness (QED) is 0.599. The Balaban J connectivity index is 1.84. The second-order valence-corrected chi connectivity index (χ2v) is 9.43. The molecule has 0 fully saturated rings. The highest BCUT2D eigenvalue weighted by Gasteiger charge is 2.09. The van der Waals surface area contributed by atoms with Crippen LogP contribution in [0.15, 0.2) is 40.2 Å². The van der Waals surface area contributed by atoms with Crippen LogP contribution < -0.4 is 5.73 Å². The predicted octanol–water partition coefficient (Wildman–Crippen LogP) is 5.86. The minimum Gasteiger partial charge on any atom is -0.328 e. The van der Waals surface area contributed by atoms with Crippen LogP contribution in [-0.4, -0.2) is 6.04 Å². The van der Waals surface area contributed by atoms with Gasteiger partial charge in [0.1, 0.15) is 0 Å². The van der Waals surface area contributed by atoms with Gasteiger partial charge in [0.2, 0.25) is 0 Å². The summed E-state index contributed by atoms with van der Waals surface area (Å²) < 4.78 is 1.18. The van der Waals surface area contributed by atoms with Gasteiger partial charge in [0.05, 0.1) is 3.79 Å². The van der Waals surface area contributed by atoms with Gasteiger partial charge in [0, 0.05) is 30.4 Å². The van der Waals surface area contributed by atoms with E-state index in [2.05, 4.69) is 59.3 Å². The van der Waals surface area contributed by atoms with Gasteiger partial charge in [-0.25, -0.2) is 0 Å². The normalized spacial score (nSPS) is 12.8. The highest BCUT2D eigenvalue weighted by atomic mass is 79.9. The van der Waals surface area contributed by atoms with E-state index in [-0.39, 0.29) is 6.04 Å². The first-order chi connectivity index (χ1) is 9.61. The average Bonchev–Trinajstić information content (AvgIpc) is 3.06. The van der Waals surface area contributed by atoms with Gasteiger partial charge >= 0.3 is 0 Å². The van der Waals surface area contributed by atoms with Crippen molar-refractivity contribution in [2.24, 2.45) is 5.73 Å². The van der Waals surface area contributed by atoms with E-state index in [9.17, 15) is 0 Å². The molecule has 0 radical (unpaired) electrons. The lowest BCUT2D eigenvalue weighted by Gasteiger charge is -2.00. The van der Waals surface area contributed by atoms with Crippen LogP contribution >= 0.6 is 49.9 Å². The maximum Gasteiger partial charge on any atom is 0.0705 e. The molecule has 3 rings (SSSR count). The van der Waals surface area contributed by atoms with E-state index >= 15 is 0 Å². The fraction of sp³-hybridized carbons (Fsp3) is 0.200. The standard InChI is InChI=1S/C15H14BrNS3/c1-9(17)8-10-2-3-11(18-10)12-4-5-13(19-12)14-6-7-15(16)20-14/h2-7,9H,8,17H2,1H3. The smallest absolute Gasteiger partial charge is 0.0705 e. The fourth-order valence-electron chi connectivity index (χ4n) is 1.99. The summed E-state index contributed by atoms with van der Waals surface area (Å²) in [5.74, 6) is 0. The van der Waals surface area contributed by atoms with E-state index in [1.165, 1.54) is 28.2 Å². The number of hydrogen-bond acceptors (Lipinski definition) is 4. The first kappa shape index (κ1) is 14.5. The van der Waals surface area contributed by atoms with Crippen LogP contribution in [0.5, 0.6) is 0 Å². The predicted molar refractivity (Wildman–Crippen MR) is 96.0 cm³/mol. The summed E-state index contributed by atoms with van der Waals surface area (Å²) in [5.41, 5.74) is 5.86. The van der Waals surface area contributed by atoms with Crippen molar-refractivity contribution in [2.75, 3.05) is 0 Å². The minimum absolute atomic E-state index is 0.226. The van der Waals surface area contributed by atoms with Crippen molar-refractivity contribution in [3.63, 3.8) is 0 Å². The number of halogens is 1. The SMILES string of the molecule is CC(N)Cc1ccc(-c2ccc(-c3ccc(Br)s3)s2)s1. The molecule has 104 valence electrons. The van der Waals surface area contributed by atoms with Crippen molar-refractivity contribution in [3.8, 4) is 19.5 Å². The van der Waals surface area contributed by atoms with Gasteiger partial charge in [-0.2, -0.15) is 0 Å². The van der Waals surface area contributed by atoms with Gasteiger partial charge in [-0.3, -0.25) is 0 Å². The lowest BCUT2D eigenvalue weighted by molar-refractivity contribution is 0.746. The van der Waals surface area contributed by atoms with Crippen molar-refractivity contribution < 1.29 is 0 Å². The van der Waals surface area contributed by atoms with E-state index < -0.39 is 0 Å². The highest BCUT2D eigenvalue weighted by Crippen LogP contribution is 2.40. The molecule has 0 amide bonds. The van der Waals surface area contributed by atoms with Crippen molar-refractivity contribution in [3.05, 3.63) is 45.1 Å². The van der Waals surface area contributed by atoms with E-state index in [1.807, 2.05) is 22.7 Å². The van der Waals surface area contributed by atoms with Gasteiger partial charge in [0.15, 0.2) is 0 Å². The Morgan fingerprint density at radius 1 is 0.900 bits per heavy atom. The molecular weight excluding hydrogens is 370 g/mol. The largest absolute Gasteiger partial charge is 0.328 e. The molecule has 0 saturated heterocycles. The molecule has 0 aliphatic heterocycles. The topological polar surface area (TPSA) is 26.0 Å². The molecule has 0 spiro atoms. The van der Waals surface area contributed by atoms with Gasteiger partial charge in [0.25, 0.3) is 0 Å². The Morgan fingerprint density at radius 3 is 2.05 bits per heavy atom. The van der Waals surface area contributed by atoms with Crippen LogP contribution in [0.4, 0.5) is 0 Å². The van der Waals surface area contributed by atoms with E-state index in [1.54, 1.807) is 11.3 Å². The number of hydrogen-bond donors (Lipinski definition) is 1. The zero-order chi connectivity index (χ0) is 14.1. The van der Waals surface area contributed by atoms with Crippen LogP contribution in [0.25, 0.3) is 19.5 Å². The maximum atomic E-state index is 5.86. The summed E-state index contributed by atoms with van der Waals surface area (Å²) >= 11 is 9.00. The van der Waals surface area contributed by atoms with Crippen molar-refractivity contribution in [2.45, 2.75) is 19.4 Å². The Morgan fingerprint density at radius 2 is 1.45 bits per heavy atom. The lowest BCUT2D eigenvalue weighted by atomic mass is 10.2. The van der Waals surface area contributed by atoms with Gasteiger partial charge in [-0.15, -0.1) is 34.0 Å². The Hall–Kier alpha value is -0.460. The van der Waals surface area contributed by atoms with Crippen LogP contribution in [0, 0.1) is 0 Å². The minimum atomic E-state index is 0.226. The first-order valence-corrected chi connectivity index (χ1v) is 9.56. The fourth-order valence-corrected chi connectivity index (χ4v) is 5.71. The van der Waals surface area contributed by atoms with E-state index in [4.69, 9.17) is 5.73 Å². The molecule has 3 heterocycles. The summed E-state index contributed by atoms with van der Waals surface area (Å²) in [7, 11) is 0. The van der Waals surface area contributed by atoms with E-state index in [0.29, 0.717) is 0 Å². The molecule has 5 heteroatoms. The number of rotatable bonds is 4. The molecule has 1 nitrogen and oxygen atoms in total. The summed E-state index contributed by atoms with van der Waals surface area (Å²) in [6, 6.07) is 13.3. The maximum absolute atomic E-state index is 5.86. The van der Waals surface area contributed by atoms with Gasteiger partial charge in [-0.1, -0.05) is 0 Å². The molecule has 20 heavy (non-hydrogen) atoms. The molecule has 0 aliphatic carbocycles. The van der Waals surface area contributed by atoms with Crippen LogP contribution in [0.1, 0.15) is 11.8 Å². The molecule has 0 saturated carbocycles. The Bertz CT molecular complexity index is 708. The summed E-state index contributed by atoms with van der Waals surface area (Å²) in [6.45, 7) is 2.05. The summed E-state index contributed by atoms with van der Waals surface area (Å²) in [4.78, 5) is 6.69. The van der Waals surface area contributed by atoms with Crippen LogP contribution in [-0.2, 0) is 6.42 Å². The third-order valence-electron chi connectivity index (χ3n) is 2.85. The van der Waals surface area contributed by atoms with E-state index in [0.717, 1.165) is 6.42 Å². The third-order valence-corrected chi connectivity index (χ3v) is 7.06. The molecular formula is C15H14BrNS3. The zero-order valence-electron chi connectivity index (χ0n) is 10.9. The average molecular weight is 384 g/mol. The summed E-state index contributed by atoms with van der Waals surface area (Å²) in [5, 5.41) is 0. The third kappa shape index (κ3) is 3.23. The number of thiophene rings is 3. The monoisotopic (exact) mass is 383 g/mol. The molecule has 3 aromatic heterocycles. The molecule has 1 unspecified atom stereocenters. The zero-order valence-corrected chi connectivity index (χ0v) is 15.0. The van der Waals surface area contributed by atoms with Crippen molar-refractivity contribution in [1.29, 1.82) is 0 Å². The van der Waals surface area contributed by atoms with Crippen molar-refractivity contribution >= 4 is 49.9 Å². The molecule has 0 aromatic carbocycles. The van der Waals surface area contributed by atoms with Gasteiger partial charge < -0.3 is 5.73 Å². The second kappa shape index (κ2) is 6.12. The van der Waals surface area contributed by atoms with Crippen molar-refractivity contribution in [1.82, 2.24) is 0 Å². The van der Waals surface area contributed by atoms with Gasteiger partial charge in [-0.05, 0) is 65.7 Å².